The maximum absolute atomic E-state index is 2.76. The summed E-state index contributed by atoms with van der Waals surface area (Å²) >= 11 is 0. The molecule has 1 nitrogen and oxygen atoms in total. The van der Waals surface area contributed by atoms with Crippen LogP contribution in [0.3, 0.4) is 0 Å². The zero-order chi connectivity index (χ0) is 30.2. The Morgan fingerprint density at radius 3 is 2.27 bits per heavy atom. The summed E-state index contributed by atoms with van der Waals surface area (Å²) in [6, 6.07) is 32.0. The van der Waals surface area contributed by atoms with Gasteiger partial charge in [-0.1, -0.05) is 139 Å². The number of hydrogen-bond donors (Lipinski definition) is 0. The van der Waals surface area contributed by atoms with Crippen LogP contribution in [-0.4, -0.2) is 0 Å². The van der Waals surface area contributed by atoms with Gasteiger partial charge >= 0.3 is 0 Å². The Kier molecular flexibility index (Phi) is 5.11. The Hall–Kier alpha value is -4.10. The maximum atomic E-state index is 2.76. The first-order chi connectivity index (χ1) is 21.1. The van der Waals surface area contributed by atoms with Crippen LogP contribution in [0.1, 0.15) is 77.0 Å². The Morgan fingerprint density at radius 1 is 0.705 bits per heavy atom. The van der Waals surface area contributed by atoms with Gasteiger partial charge in [0.05, 0.1) is 5.69 Å². The van der Waals surface area contributed by atoms with Crippen LogP contribution in [0.15, 0.2) is 131 Å². The zero-order valence-electron chi connectivity index (χ0n) is 26.8. The molecule has 5 aliphatic rings. The molecule has 0 bridgehead atoms. The monoisotopic (exact) mass is 571 g/mol. The van der Waals surface area contributed by atoms with Crippen molar-refractivity contribution < 1.29 is 0 Å². The molecule has 0 N–H and O–H groups in total. The van der Waals surface area contributed by atoms with E-state index in [0.717, 1.165) is 12.8 Å². The highest BCUT2D eigenvalue weighted by Gasteiger charge is 2.56. The fourth-order valence-corrected chi connectivity index (χ4v) is 9.45. The lowest BCUT2D eigenvalue weighted by Crippen LogP contribution is -2.53. The second-order valence-electron chi connectivity index (χ2n) is 15.4. The normalized spacial score (nSPS) is 24.8. The van der Waals surface area contributed by atoms with Gasteiger partial charge in [-0.2, -0.15) is 0 Å². The summed E-state index contributed by atoms with van der Waals surface area (Å²) in [4.78, 5) is 2.76. The van der Waals surface area contributed by atoms with E-state index < -0.39 is 0 Å². The molecule has 0 saturated heterocycles. The molecule has 3 heterocycles. The van der Waals surface area contributed by atoms with Crippen molar-refractivity contribution in [3.8, 4) is 11.1 Å². The van der Waals surface area contributed by atoms with Crippen LogP contribution in [0.25, 0.3) is 21.9 Å². The third kappa shape index (κ3) is 3.26. The Morgan fingerprint density at radius 2 is 1.45 bits per heavy atom. The molecule has 9 rings (SSSR count). The Bertz CT molecular complexity index is 2040. The van der Waals surface area contributed by atoms with Crippen LogP contribution in [0.5, 0.6) is 0 Å². The van der Waals surface area contributed by atoms with Gasteiger partial charge in [0.2, 0.25) is 0 Å². The van der Waals surface area contributed by atoms with Crippen molar-refractivity contribution in [1.82, 2.24) is 0 Å². The number of para-hydroxylation sites is 1. The quantitative estimate of drug-likeness (QED) is 0.231. The molecule has 0 saturated carbocycles. The van der Waals surface area contributed by atoms with Crippen LogP contribution >= 0.6 is 0 Å². The lowest BCUT2D eigenvalue weighted by Gasteiger charge is -2.60. The smallest absolute Gasteiger partial charge is 0.0537 e. The zero-order valence-corrected chi connectivity index (χ0v) is 26.8. The fourth-order valence-electron chi connectivity index (χ4n) is 9.45. The molecule has 218 valence electrons. The van der Waals surface area contributed by atoms with Crippen molar-refractivity contribution in [2.75, 3.05) is 4.90 Å². The van der Waals surface area contributed by atoms with Gasteiger partial charge < -0.3 is 4.90 Å². The van der Waals surface area contributed by atoms with Crippen LogP contribution < -0.4 is 4.90 Å². The van der Waals surface area contributed by atoms with Gasteiger partial charge in [0.15, 0.2) is 0 Å². The molecule has 44 heavy (non-hydrogen) atoms. The average molecular weight is 572 g/mol. The topological polar surface area (TPSA) is 3.24 Å². The number of hydrogen-bond acceptors (Lipinski definition) is 1. The second-order valence-corrected chi connectivity index (χ2v) is 15.4. The van der Waals surface area contributed by atoms with Crippen LogP contribution in [-0.2, 0) is 10.8 Å². The molecule has 2 unspecified atom stereocenters. The van der Waals surface area contributed by atoms with Crippen molar-refractivity contribution in [3.63, 3.8) is 0 Å². The van der Waals surface area contributed by atoms with E-state index in [1.807, 2.05) is 0 Å². The largest absolute Gasteiger partial charge is 0.313 e. The SMILES string of the molecule is CC1(C)C2=C3C(CC=C2)C(C)(C)c2cccc4c2N3C2=C1CC(c1ccc3cc(-c5ccccc5)ccc3c1)C=C2C4(C)C. The molecule has 4 aromatic carbocycles. The molecule has 0 fully saturated rings. The summed E-state index contributed by atoms with van der Waals surface area (Å²) in [7, 11) is 0. The van der Waals surface area contributed by atoms with E-state index in [4.69, 9.17) is 0 Å². The van der Waals surface area contributed by atoms with E-state index >= 15 is 0 Å². The maximum Gasteiger partial charge on any atom is 0.0537 e. The molecule has 4 aromatic rings. The minimum atomic E-state index is -0.0793. The van der Waals surface area contributed by atoms with Gasteiger partial charge in [0.1, 0.15) is 0 Å². The molecule has 3 aliphatic heterocycles. The van der Waals surface area contributed by atoms with E-state index in [2.05, 4.69) is 150 Å². The van der Waals surface area contributed by atoms with Crippen molar-refractivity contribution in [1.29, 1.82) is 0 Å². The fraction of sp³-hybridized carbons (Fsp3) is 0.302. The first-order valence-electron chi connectivity index (χ1n) is 16.5. The van der Waals surface area contributed by atoms with Gasteiger partial charge in [-0.25, -0.2) is 0 Å². The lowest BCUT2D eigenvalue weighted by atomic mass is 9.54. The molecular weight excluding hydrogens is 530 g/mol. The first-order valence-corrected chi connectivity index (χ1v) is 16.5. The number of allylic oxidation sites excluding steroid dienone is 7. The minimum Gasteiger partial charge on any atom is -0.313 e. The molecule has 2 aliphatic carbocycles. The van der Waals surface area contributed by atoms with Crippen LogP contribution in [0.2, 0.25) is 0 Å². The summed E-state index contributed by atoms with van der Waals surface area (Å²) in [5.74, 6) is 0.831. The lowest BCUT2D eigenvalue weighted by molar-refractivity contribution is 0.323. The summed E-state index contributed by atoms with van der Waals surface area (Å²) < 4.78 is 0. The van der Waals surface area contributed by atoms with Crippen molar-refractivity contribution >= 4 is 16.5 Å². The van der Waals surface area contributed by atoms with Gasteiger partial charge in [0.25, 0.3) is 0 Å². The highest BCUT2D eigenvalue weighted by molar-refractivity contribution is 5.89. The Balaban J connectivity index is 1.23. The summed E-state index contributed by atoms with van der Waals surface area (Å²) in [6.07, 6.45) is 9.77. The summed E-state index contributed by atoms with van der Waals surface area (Å²) in [5.41, 5.74) is 16.2. The molecule has 0 aromatic heterocycles. The van der Waals surface area contributed by atoms with E-state index in [1.54, 1.807) is 11.3 Å². The van der Waals surface area contributed by atoms with E-state index in [0.29, 0.717) is 11.8 Å². The third-order valence-electron chi connectivity index (χ3n) is 12.1. The third-order valence-corrected chi connectivity index (χ3v) is 12.1. The predicted octanol–water partition coefficient (Wildman–Crippen LogP) is 11.1. The van der Waals surface area contributed by atoms with Gasteiger partial charge in [0, 0.05) is 39.5 Å². The van der Waals surface area contributed by atoms with Gasteiger partial charge in [-0.3, -0.25) is 0 Å². The number of fused-ring (bicyclic) bond motifs is 1. The highest BCUT2D eigenvalue weighted by Crippen LogP contribution is 2.66. The van der Waals surface area contributed by atoms with Gasteiger partial charge in [-0.15, -0.1) is 0 Å². The standard InChI is InChI=1S/C43H41N/c1-41(2)32-14-10-16-34-38(32)44-39-33(41)15-11-17-35(39)43(5,6)37-25-31(24-36(40(37)44)42(34,3)4)30-21-20-28-22-27(18-19-29(28)23-30)26-12-8-7-9-13-26/h7-14,16-24,31,33H,15,25H2,1-6H3. The molecule has 1 heteroatoms. The second kappa shape index (κ2) is 8.54. The van der Waals surface area contributed by atoms with E-state index in [1.165, 1.54) is 61.1 Å². The molecule has 0 radical (unpaired) electrons. The van der Waals surface area contributed by atoms with Crippen molar-refractivity contribution in [3.05, 3.63) is 148 Å². The molecular formula is C43H41N. The average Bonchev–Trinajstić information content (AvgIpc) is 3.03. The number of nitrogens with zero attached hydrogens (tertiary/aromatic N) is 1. The van der Waals surface area contributed by atoms with Crippen molar-refractivity contribution in [2.45, 2.75) is 71.1 Å². The van der Waals surface area contributed by atoms with Crippen LogP contribution in [0, 0.1) is 11.3 Å². The Labute approximate surface area is 262 Å². The summed E-state index contributed by atoms with van der Waals surface area (Å²) in [6.45, 7) is 14.9. The molecule has 0 spiro atoms. The summed E-state index contributed by atoms with van der Waals surface area (Å²) in [5, 5.41) is 2.63. The highest BCUT2D eigenvalue weighted by atomic mass is 15.2. The number of rotatable bonds is 2. The minimum absolute atomic E-state index is 0.0223. The molecule has 2 atom stereocenters. The van der Waals surface area contributed by atoms with E-state index in [-0.39, 0.29) is 16.2 Å². The van der Waals surface area contributed by atoms with Gasteiger partial charge in [-0.05, 0) is 74.2 Å². The predicted molar refractivity (Wildman–Crippen MR) is 185 cm³/mol. The van der Waals surface area contributed by atoms with E-state index in [9.17, 15) is 0 Å². The molecule has 0 amide bonds. The van der Waals surface area contributed by atoms with Crippen LogP contribution in [0.4, 0.5) is 5.69 Å². The number of anilines is 1. The first kappa shape index (κ1) is 26.3. The van der Waals surface area contributed by atoms with Crippen molar-refractivity contribution in [2.24, 2.45) is 11.3 Å². The number of benzene rings is 4.